The number of hydrogen-bond donors (Lipinski definition) is 1. The average molecular weight is 351 g/mol. The van der Waals surface area contributed by atoms with Crippen LogP contribution in [0.15, 0.2) is 36.4 Å². The lowest BCUT2D eigenvalue weighted by Crippen LogP contribution is -3.00. The van der Waals surface area contributed by atoms with Gasteiger partial charge < -0.3 is 36.7 Å². The number of ether oxygens (including phenoxy) is 4. The van der Waals surface area contributed by atoms with Crippen LogP contribution in [-0.2, 0) is 13.1 Å². The molecule has 0 saturated heterocycles. The van der Waals surface area contributed by atoms with Gasteiger partial charge in [0.05, 0.1) is 13.7 Å². The van der Waals surface area contributed by atoms with Gasteiger partial charge in [-0.3, -0.25) is 0 Å². The first-order valence-electron chi connectivity index (χ1n) is 7.69. The van der Waals surface area contributed by atoms with Gasteiger partial charge in [0, 0.05) is 13.1 Å². The third kappa shape index (κ3) is 4.24. The zero-order valence-corrected chi connectivity index (χ0v) is 14.6. The molecule has 6 heteroatoms. The quantitative estimate of drug-likeness (QED) is 0.768. The van der Waals surface area contributed by atoms with Crippen molar-refractivity contribution in [3.63, 3.8) is 0 Å². The smallest absolute Gasteiger partial charge is 0.231 e. The number of benzene rings is 2. The number of halogens is 1. The lowest BCUT2D eigenvalue weighted by atomic mass is 10.1. The maximum Gasteiger partial charge on any atom is 0.231 e. The molecule has 0 bridgehead atoms. The molecule has 1 aliphatic heterocycles. The molecule has 2 aromatic rings. The third-order valence-corrected chi connectivity index (χ3v) is 3.62. The lowest BCUT2D eigenvalue weighted by Gasteiger charge is -2.11. The number of methoxy groups -OCH3 is 1. The summed E-state index contributed by atoms with van der Waals surface area (Å²) >= 11 is 0. The van der Waals surface area contributed by atoms with Crippen molar-refractivity contribution in [3.05, 3.63) is 47.5 Å². The normalized spacial score (nSPS) is 11.8. The van der Waals surface area contributed by atoms with E-state index in [2.05, 4.69) is 5.32 Å². The molecule has 0 fully saturated rings. The summed E-state index contributed by atoms with van der Waals surface area (Å²) in [5.74, 6) is 3.15. The van der Waals surface area contributed by atoms with E-state index in [1.54, 1.807) is 7.11 Å². The van der Waals surface area contributed by atoms with Crippen LogP contribution in [-0.4, -0.2) is 20.5 Å². The van der Waals surface area contributed by atoms with Crippen LogP contribution in [0.3, 0.4) is 0 Å². The van der Waals surface area contributed by atoms with Crippen LogP contribution in [0.1, 0.15) is 18.1 Å². The van der Waals surface area contributed by atoms with Crippen molar-refractivity contribution < 1.29 is 31.4 Å². The summed E-state index contributed by atoms with van der Waals surface area (Å²) in [4.78, 5) is 0. The highest BCUT2D eigenvalue weighted by Gasteiger charge is 2.13. The standard InChI is InChI=1S/C18H21NO4.ClH/c1-3-21-15-6-4-13(8-17(15)20-2)10-19-11-14-5-7-16-18(9-14)23-12-22-16;/h4-9,19H,3,10-12H2,1-2H3;1H/p-1. The van der Waals surface area contributed by atoms with Crippen molar-refractivity contribution in [2.45, 2.75) is 20.0 Å². The van der Waals surface area contributed by atoms with Crippen molar-refractivity contribution >= 4 is 0 Å². The maximum atomic E-state index is 5.53. The molecule has 0 aliphatic carbocycles. The Morgan fingerprint density at radius 3 is 2.42 bits per heavy atom. The predicted octanol–water partition coefficient (Wildman–Crippen LogP) is 0.116. The number of hydrogen-bond acceptors (Lipinski definition) is 5. The Morgan fingerprint density at radius 2 is 1.67 bits per heavy atom. The van der Waals surface area contributed by atoms with Crippen molar-refractivity contribution in [2.24, 2.45) is 0 Å². The highest BCUT2D eigenvalue weighted by Crippen LogP contribution is 2.32. The topological polar surface area (TPSA) is 49.0 Å². The molecule has 0 aromatic heterocycles. The molecule has 5 nitrogen and oxygen atoms in total. The van der Waals surface area contributed by atoms with E-state index in [1.165, 1.54) is 0 Å². The summed E-state index contributed by atoms with van der Waals surface area (Å²) in [7, 11) is 1.65. The fraction of sp³-hybridized carbons (Fsp3) is 0.333. The summed E-state index contributed by atoms with van der Waals surface area (Å²) in [6.07, 6.45) is 0. The van der Waals surface area contributed by atoms with Gasteiger partial charge in [0.15, 0.2) is 23.0 Å². The molecule has 1 heterocycles. The van der Waals surface area contributed by atoms with E-state index in [0.717, 1.165) is 47.2 Å². The Hall–Kier alpha value is -2.11. The van der Waals surface area contributed by atoms with E-state index in [4.69, 9.17) is 18.9 Å². The van der Waals surface area contributed by atoms with E-state index in [0.29, 0.717) is 13.4 Å². The highest BCUT2D eigenvalue weighted by atomic mass is 35.5. The van der Waals surface area contributed by atoms with Crippen molar-refractivity contribution in [1.82, 2.24) is 5.32 Å². The van der Waals surface area contributed by atoms with E-state index < -0.39 is 0 Å². The van der Waals surface area contributed by atoms with Gasteiger partial charge in [-0.2, -0.15) is 0 Å². The van der Waals surface area contributed by atoms with E-state index >= 15 is 0 Å². The van der Waals surface area contributed by atoms with Crippen LogP contribution < -0.4 is 36.7 Å². The van der Waals surface area contributed by atoms with Gasteiger partial charge in [-0.05, 0) is 42.3 Å². The van der Waals surface area contributed by atoms with Crippen LogP contribution in [0.5, 0.6) is 23.0 Å². The SMILES string of the molecule is CCOc1ccc(CNCc2ccc3c(c2)OCO3)cc1OC.[Cl-]. The Balaban J connectivity index is 0.00000208. The van der Waals surface area contributed by atoms with Crippen LogP contribution in [0.25, 0.3) is 0 Å². The average Bonchev–Trinajstić information content (AvgIpc) is 3.04. The molecular formula is C18H21ClNO4-. The third-order valence-electron chi connectivity index (χ3n) is 3.62. The van der Waals surface area contributed by atoms with E-state index in [9.17, 15) is 0 Å². The van der Waals surface area contributed by atoms with Crippen molar-refractivity contribution in [1.29, 1.82) is 0 Å². The summed E-state index contributed by atoms with van der Waals surface area (Å²) in [5, 5.41) is 3.42. The Labute approximate surface area is 148 Å². The summed E-state index contributed by atoms with van der Waals surface area (Å²) in [6.45, 7) is 4.39. The van der Waals surface area contributed by atoms with Crippen molar-refractivity contribution in [3.8, 4) is 23.0 Å². The minimum Gasteiger partial charge on any atom is -1.00 e. The van der Waals surface area contributed by atoms with Gasteiger partial charge in [0.25, 0.3) is 0 Å². The van der Waals surface area contributed by atoms with Gasteiger partial charge in [0.1, 0.15) is 0 Å². The van der Waals surface area contributed by atoms with Gasteiger partial charge in [-0.25, -0.2) is 0 Å². The summed E-state index contributed by atoms with van der Waals surface area (Å²) in [6, 6.07) is 12.0. The Morgan fingerprint density at radius 1 is 0.958 bits per heavy atom. The minimum atomic E-state index is 0. The molecular weight excluding hydrogens is 330 g/mol. The molecule has 0 spiro atoms. The number of nitrogens with one attached hydrogen (secondary N) is 1. The van der Waals surface area contributed by atoms with E-state index in [1.807, 2.05) is 43.3 Å². The molecule has 0 amide bonds. The van der Waals surface area contributed by atoms with E-state index in [-0.39, 0.29) is 12.4 Å². The van der Waals surface area contributed by atoms with Crippen LogP contribution in [0.2, 0.25) is 0 Å². The second-order valence-corrected chi connectivity index (χ2v) is 5.21. The largest absolute Gasteiger partial charge is 1.00 e. The highest BCUT2D eigenvalue weighted by molar-refractivity contribution is 5.45. The first-order valence-corrected chi connectivity index (χ1v) is 7.69. The first-order chi connectivity index (χ1) is 11.3. The molecule has 0 saturated carbocycles. The monoisotopic (exact) mass is 350 g/mol. The lowest BCUT2D eigenvalue weighted by molar-refractivity contribution is -0.00000701. The molecule has 130 valence electrons. The first kappa shape index (κ1) is 18.2. The molecule has 2 aromatic carbocycles. The Kier molecular flexibility index (Phi) is 6.58. The number of rotatable bonds is 7. The fourth-order valence-corrected chi connectivity index (χ4v) is 2.50. The molecule has 1 aliphatic rings. The molecule has 0 atom stereocenters. The van der Waals surface area contributed by atoms with Crippen molar-refractivity contribution in [2.75, 3.05) is 20.5 Å². The maximum absolute atomic E-state index is 5.53. The second-order valence-electron chi connectivity index (χ2n) is 5.21. The van der Waals surface area contributed by atoms with Crippen LogP contribution in [0, 0.1) is 0 Å². The van der Waals surface area contributed by atoms with Gasteiger partial charge in [-0.15, -0.1) is 0 Å². The Bertz CT molecular complexity index is 678. The molecule has 3 rings (SSSR count). The van der Waals surface area contributed by atoms with Crippen LogP contribution in [0.4, 0.5) is 0 Å². The molecule has 1 N–H and O–H groups in total. The minimum absolute atomic E-state index is 0. The van der Waals surface area contributed by atoms with Gasteiger partial charge in [0.2, 0.25) is 6.79 Å². The van der Waals surface area contributed by atoms with Crippen LogP contribution >= 0.6 is 0 Å². The molecule has 0 unspecified atom stereocenters. The zero-order valence-electron chi connectivity index (χ0n) is 13.8. The number of fused-ring (bicyclic) bond motifs is 1. The zero-order chi connectivity index (χ0) is 16.1. The summed E-state index contributed by atoms with van der Waals surface area (Å²) < 4.78 is 21.6. The summed E-state index contributed by atoms with van der Waals surface area (Å²) in [5.41, 5.74) is 2.30. The fourth-order valence-electron chi connectivity index (χ4n) is 2.50. The van der Waals surface area contributed by atoms with Gasteiger partial charge in [-0.1, -0.05) is 12.1 Å². The van der Waals surface area contributed by atoms with Gasteiger partial charge >= 0.3 is 0 Å². The molecule has 24 heavy (non-hydrogen) atoms. The predicted molar refractivity (Wildman–Crippen MR) is 87.3 cm³/mol. The second kappa shape index (κ2) is 8.66. The molecule has 0 radical (unpaired) electrons.